The van der Waals surface area contributed by atoms with E-state index in [0.717, 1.165) is 18.6 Å². The van der Waals surface area contributed by atoms with E-state index >= 15 is 0 Å². The molecular weight excluding hydrogens is 467 g/mol. The largest absolute Gasteiger partial charge is 0.418 e. The van der Waals surface area contributed by atoms with Crippen LogP contribution in [-0.4, -0.2) is 18.4 Å². The highest BCUT2D eigenvalue weighted by atomic mass is 35.5. The van der Waals surface area contributed by atoms with E-state index in [1.807, 2.05) is 0 Å². The van der Waals surface area contributed by atoms with Crippen LogP contribution in [0.15, 0.2) is 72.8 Å². The maximum Gasteiger partial charge on any atom is 0.418 e. The van der Waals surface area contributed by atoms with Crippen LogP contribution >= 0.6 is 11.6 Å². The van der Waals surface area contributed by atoms with E-state index in [-0.39, 0.29) is 16.6 Å². The number of alkyl halides is 3. The molecule has 2 amide bonds. The summed E-state index contributed by atoms with van der Waals surface area (Å²) in [6.07, 6.45) is -3.44. The van der Waals surface area contributed by atoms with Crippen molar-refractivity contribution in [3.8, 4) is 0 Å². The lowest BCUT2D eigenvalue weighted by Gasteiger charge is -2.23. The first-order valence-corrected chi connectivity index (χ1v) is 11.0. The van der Waals surface area contributed by atoms with Gasteiger partial charge in [-0.15, -0.1) is 0 Å². The Morgan fingerprint density at radius 2 is 1.76 bits per heavy atom. The Hall–Kier alpha value is -3.52. The molecule has 1 atom stereocenters. The summed E-state index contributed by atoms with van der Waals surface area (Å²) in [6.45, 7) is 0.613. The van der Waals surface area contributed by atoms with Gasteiger partial charge in [-0.25, -0.2) is 0 Å². The van der Waals surface area contributed by atoms with Crippen molar-refractivity contribution in [3.63, 3.8) is 0 Å². The minimum Gasteiger partial charge on any atom is -0.370 e. The summed E-state index contributed by atoms with van der Waals surface area (Å²) in [5.74, 6) is -0.654. The van der Waals surface area contributed by atoms with Gasteiger partial charge in [-0.2, -0.15) is 13.2 Å². The van der Waals surface area contributed by atoms with Gasteiger partial charge in [-0.3, -0.25) is 9.59 Å². The number of nitrogens with one attached hydrogen (secondary N) is 2. The highest BCUT2D eigenvalue weighted by Gasteiger charge is 2.35. The lowest BCUT2D eigenvalue weighted by molar-refractivity contribution is -0.137. The molecule has 1 aliphatic heterocycles. The van der Waals surface area contributed by atoms with Crippen molar-refractivity contribution in [1.82, 2.24) is 0 Å². The summed E-state index contributed by atoms with van der Waals surface area (Å²) in [7, 11) is 0. The summed E-state index contributed by atoms with van der Waals surface area (Å²) >= 11 is 5.75. The topological polar surface area (TPSA) is 61.4 Å². The SMILES string of the molecule is O=C(Nc1ccc(Cl)cc1C(F)(F)F)C(Nc1cccc(N2CCCC2=O)c1)c1ccccc1. The van der Waals surface area contributed by atoms with Gasteiger partial charge in [0.25, 0.3) is 5.91 Å². The number of hydrogen-bond acceptors (Lipinski definition) is 3. The van der Waals surface area contributed by atoms with Crippen LogP contribution in [0.2, 0.25) is 5.02 Å². The zero-order valence-corrected chi connectivity index (χ0v) is 18.7. The van der Waals surface area contributed by atoms with Crippen LogP contribution < -0.4 is 15.5 Å². The van der Waals surface area contributed by atoms with E-state index in [4.69, 9.17) is 11.6 Å². The van der Waals surface area contributed by atoms with Gasteiger partial charge in [0.1, 0.15) is 6.04 Å². The number of carbonyl (C=O) groups is 2. The van der Waals surface area contributed by atoms with Crippen LogP contribution in [0.3, 0.4) is 0 Å². The number of nitrogens with zero attached hydrogens (tertiary/aromatic N) is 1. The Balaban J connectivity index is 1.64. The van der Waals surface area contributed by atoms with E-state index in [0.29, 0.717) is 29.9 Å². The molecule has 9 heteroatoms. The molecule has 34 heavy (non-hydrogen) atoms. The second-order valence-corrected chi connectivity index (χ2v) is 8.30. The second kappa shape index (κ2) is 9.77. The molecule has 1 aliphatic rings. The molecular formula is C25H21ClF3N3O2. The lowest BCUT2D eigenvalue weighted by atomic mass is 10.0. The Morgan fingerprint density at radius 1 is 1.00 bits per heavy atom. The maximum absolute atomic E-state index is 13.5. The van der Waals surface area contributed by atoms with Gasteiger partial charge in [0.05, 0.1) is 11.3 Å². The number of rotatable bonds is 6. The molecule has 0 saturated carbocycles. The van der Waals surface area contributed by atoms with Crippen LogP contribution in [0.4, 0.5) is 30.2 Å². The zero-order valence-electron chi connectivity index (χ0n) is 17.9. The van der Waals surface area contributed by atoms with Gasteiger partial charge in [0.15, 0.2) is 0 Å². The van der Waals surface area contributed by atoms with Crippen molar-refractivity contribution < 1.29 is 22.8 Å². The Morgan fingerprint density at radius 3 is 2.44 bits per heavy atom. The van der Waals surface area contributed by atoms with E-state index < -0.39 is 23.7 Å². The molecule has 0 radical (unpaired) electrons. The molecule has 3 aromatic rings. The summed E-state index contributed by atoms with van der Waals surface area (Å²) in [5, 5.41) is 5.41. The predicted molar refractivity (Wildman–Crippen MR) is 126 cm³/mol. The molecule has 176 valence electrons. The van der Waals surface area contributed by atoms with Crippen molar-refractivity contribution >= 4 is 40.5 Å². The molecule has 3 aromatic carbocycles. The monoisotopic (exact) mass is 487 g/mol. The fourth-order valence-electron chi connectivity index (χ4n) is 3.86. The molecule has 5 nitrogen and oxygen atoms in total. The Kier molecular flexibility index (Phi) is 6.79. The zero-order chi connectivity index (χ0) is 24.3. The van der Waals surface area contributed by atoms with Crippen molar-refractivity contribution in [2.24, 2.45) is 0 Å². The van der Waals surface area contributed by atoms with Gasteiger partial charge in [0, 0.05) is 29.4 Å². The fourth-order valence-corrected chi connectivity index (χ4v) is 4.03. The summed E-state index contributed by atoms with van der Waals surface area (Å²) in [4.78, 5) is 27.0. The molecule has 1 unspecified atom stereocenters. The molecule has 0 spiro atoms. The minimum atomic E-state index is -4.69. The highest BCUT2D eigenvalue weighted by Crippen LogP contribution is 2.37. The maximum atomic E-state index is 13.5. The second-order valence-electron chi connectivity index (χ2n) is 7.86. The third-order valence-electron chi connectivity index (χ3n) is 5.48. The first-order valence-electron chi connectivity index (χ1n) is 10.6. The molecule has 0 bridgehead atoms. The van der Waals surface area contributed by atoms with Gasteiger partial charge in [-0.1, -0.05) is 48.0 Å². The Labute approximate surface area is 199 Å². The summed E-state index contributed by atoms with van der Waals surface area (Å²) in [6, 6.07) is 17.9. The number of benzene rings is 3. The van der Waals surface area contributed by atoms with Crippen LogP contribution in [0.5, 0.6) is 0 Å². The first-order chi connectivity index (χ1) is 16.2. The fraction of sp³-hybridized carbons (Fsp3) is 0.200. The number of amides is 2. The Bertz CT molecular complexity index is 1200. The molecule has 2 N–H and O–H groups in total. The molecule has 1 fully saturated rings. The van der Waals surface area contributed by atoms with Gasteiger partial charge in [-0.05, 0) is 48.4 Å². The first kappa shape index (κ1) is 23.6. The van der Waals surface area contributed by atoms with Crippen LogP contribution in [0.1, 0.15) is 30.0 Å². The molecule has 4 rings (SSSR count). The average molecular weight is 488 g/mol. The van der Waals surface area contributed by atoms with Crippen molar-refractivity contribution in [2.45, 2.75) is 25.1 Å². The van der Waals surface area contributed by atoms with Crippen LogP contribution in [0, 0.1) is 0 Å². The lowest BCUT2D eigenvalue weighted by Crippen LogP contribution is -2.28. The standard InChI is InChI=1S/C25H21ClF3N3O2/c26-17-11-12-21(20(14-17)25(27,28)29)31-24(34)23(16-6-2-1-3-7-16)30-18-8-4-9-19(15-18)32-13-5-10-22(32)33/h1-4,6-9,11-12,14-15,23,30H,5,10,13H2,(H,31,34). The molecule has 0 aliphatic carbocycles. The van der Waals surface area contributed by atoms with Crippen molar-refractivity contribution in [1.29, 1.82) is 0 Å². The van der Waals surface area contributed by atoms with Gasteiger partial charge >= 0.3 is 6.18 Å². The third kappa shape index (κ3) is 5.34. The van der Waals surface area contributed by atoms with Crippen molar-refractivity contribution in [3.05, 3.63) is 88.9 Å². The third-order valence-corrected chi connectivity index (χ3v) is 5.72. The smallest absolute Gasteiger partial charge is 0.370 e. The van der Waals surface area contributed by atoms with E-state index in [2.05, 4.69) is 10.6 Å². The number of anilines is 3. The predicted octanol–water partition coefficient (Wildman–Crippen LogP) is 6.28. The van der Waals surface area contributed by atoms with E-state index in [1.165, 1.54) is 6.07 Å². The minimum absolute atomic E-state index is 0.0249. The van der Waals surface area contributed by atoms with E-state index in [1.54, 1.807) is 59.5 Å². The molecule has 1 saturated heterocycles. The molecule has 1 heterocycles. The van der Waals surface area contributed by atoms with Gasteiger partial charge < -0.3 is 15.5 Å². The van der Waals surface area contributed by atoms with Crippen molar-refractivity contribution in [2.75, 3.05) is 22.1 Å². The number of hydrogen-bond donors (Lipinski definition) is 2. The number of carbonyl (C=O) groups excluding carboxylic acids is 2. The van der Waals surface area contributed by atoms with Crippen LogP contribution in [-0.2, 0) is 15.8 Å². The number of halogens is 4. The quantitative estimate of drug-likeness (QED) is 0.430. The average Bonchev–Trinajstić information content (AvgIpc) is 3.24. The summed E-state index contributed by atoms with van der Waals surface area (Å²) in [5.41, 5.74) is 0.381. The normalized spacial score (nSPS) is 14.7. The van der Waals surface area contributed by atoms with E-state index in [9.17, 15) is 22.8 Å². The highest BCUT2D eigenvalue weighted by molar-refractivity contribution is 6.30. The molecule has 0 aromatic heterocycles. The van der Waals surface area contributed by atoms with Crippen LogP contribution in [0.25, 0.3) is 0 Å². The summed E-state index contributed by atoms with van der Waals surface area (Å²) < 4.78 is 40.5. The van der Waals surface area contributed by atoms with Gasteiger partial charge in [0.2, 0.25) is 5.91 Å².